The van der Waals surface area contributed by atoms with E-state index in [1.165, 1.54) is 0 Å². The molecular weight excluding hydrogens is 258 g/mol. The van der Waals surface area contributed by atoms with Gasteiger partial charge in [-0.1, -0.05) is 19.8 Å². The van der Waals surface area contributed by atoms with E-state index in [9.17, 15) is 13.2 Å². The molecule has 0 aromatic rings. The lowest BCUT2D eigenvalue weighted by atomic mass is 10.2. The van der Waals surface area contributed by atoms with Crippen LogP contribution in [-0.2, 0) is 14.9 Å². The Bertz CT molecular complexity index is 311. The normalized spacial score (nSPS) is 11.2. The zero-order valence-electron chi connectivity index (χ0n) is 11.8. The number of rotatable bonds is 4. The van der Waals surface area contributed by atoms with Gasteiger partial charge in [0.05, 0.1) is 6.26 Å². The molecule has 0 saturated carbocycles. The second-order valence-corrected chi connectivity index (χ2v) is 6.33. The maximum Gasteiger partial charge on any atom is 0.407 e. The third-order valence-corrected chi connectivity index (χ3v) is 1.45. The average Bonchev–Trinajstić information content (AvgIpc) is 2.06. The van der Waals surface area contributed by atoms with Gasteiger partial charge in [0.25, 0.3) is 10.1 Å². The molecule has 0 radical (unpaired) electrons. The van der Waals surface area contributed by atoms with Crippen molar-refractivity contribution in [2.24, 2.45) is 0 Å². The Kier molecular flexibility index (Phi) is 9.93. The first kappa shape index (κ1) is 19.5. The van der Waals surface area contributed by atoms with Crippen molar-refractivity contribution in [3.05, 3.63) is 0 Å². The Morgan fingerprint density at radius 1 is 1.28 bits per heavy atom. The van der Waals surface area contributed by atoms with Crippen molar-refractivity contribution < 1.29 is 22.5 Å². The summed E-state index contributed by atoms with van der Waals surface area (Å²) in [6.45, 7) is 8.42. The van der Waals surface area contributed by atoms with Crippen LogP contribution in [0.3, 0.4) is 0 Å². The average molecular weight is 283 g/mol. The molecule has 0 rings (SSSR count). The first-order valence-electron chi connectivity index (χ1n) is 5.85. The minimum Gasteiger partial charge on any atom is -0.444 e. The monoisotopic (exact) mass is 283 g/mol. The van der Waals surface area contributed by atoms with Crippen LogP contribution >= 0.6 is 0 Å². The van der Waals surface area contributed by atoms with Crippen LogP contribution in [0.15, 0.2) is 0 Å². The second-order valence-electron chi connectivity index (χ2n) is 4.87. The summed E-state index contributed by atoms with van der Waals surface area (Å²) in [6, 6.07) is 0. The number of carbonyl (C=O) groups is 1. The molecule has 0 unspecified atom stereocenters. The molecular formula is C11H25NO5S. The Morgan fingerprint density at radius 3 is 2.06 bits per heavy atom. The second kappa shape index (κ2) is 9.16. The van der Waals surface area contributed by atoms with Gasteiger partial charge in [-0.15, -0.1) is 0 Å². The summed E-state index contributed by atoms with van der Waals surface area (Å²) in [5.74, 6) is 0. The Balaban J connectivity index is 0. The number of carbonyl (C=O) groups excluding carboxylic acids is 1. The van der Waals surface area contributed by atoms with Crippen molar-refractivity contribution in [1.29, 1.82) is 0 Å². The first-order valence-corrected chi connectivity index (χ1v) is 7.70. The fraction of sp³-hybridized carbons (Fsp3) is 0.909. The highest BCUT2D eigenvalue weighted by Crippen LogP contribution is 2.06. The molecule has 0 aliphatic rings. The summed E-state index contributed by atoms with van der Waals surface area (Å²) in [4.78, 5) is 11.1. The smallest absolute Gasteiger partial charge is 0.407 e. The van der Waals surface area contributed by atoms with Gasteiger partial charge in [0.2, 0.25) is 0 Å². The lowest BCUT2D eigenvalue weighted by molar-refractivity contribution is 0.0527. The predicted octanol–water partition coefficient (Wildman–Crippen LogP) is 2.21. The summed E-state index contributed by atoms with van der Waals surface area (Å²) < 4.78 is 30.9. The number of ether oxygens (including phenoxy) is 1. The van der Waals surface area contributed by atoms with Gasteiger partial charge in [0, 0.05) is 6.54 Å². The van der Waals surface area contributed by atoms with Gasteiger partial charge in [0.15, 0.2) is 0 Å². The summed E-state index contributed by atoms with van der Waals surface area (Å²) in [5.41, 5.74) is -0.394. The van der Waals surface area contributed by atoms with Crippen LogP contribution in [0.5, 0.6) is 0 Å². The van der Waals surface area contributed by atoms with Crippen LogP contribution in [0.25, 0.3) is 0 Å². The van der Waals surface area contributed by atoms with E-state index in [2.05, 4.69) is 12.2 Å². The van der Waals surface area contributed by atoms with Gasteiger partial charge in [-0.3, -0.25) is 4.55 Å². The largest absolute Gasteiger partial charge is 0.444 e. The Hall–Kier alpha value is -0.820. The molecule has 0 fully saturated rings. The number of alkyl carbamates (subject to hydrolysis) is 1. The van der Waals surface area contributed by atoms with E-state index in [1.807, 2.05) is 20.8 Å². The molecule has 0 aliphatic carbocycles. The van der Waals surface area contributed by atoms with Gasteiger partial charge in [0.1, 0.15) is 5.60 Å². The molecule has 0 heterocycles. The van der Waals surface area contributed by atoms with Crippen molar-refractivity contribution in [2.75, 3.05) is 12.8 Å². The van der Waals surface area contributed by atoms with Crippen molar-refractivity contribution in [3.63, 3.8) is 0 Å². The van der Waals surface area contributed by atoms with E-state index >= 15 is 0 Å². The van der Waals surface area contributed by atoms with Crippen LogP contribution in [0.1, 0.15) is 47.0 Å². The molecule has 0 atom stereocenters. The highest BCUT2D eigenvalue weighted by atomic mass is 32.2. The van der Waals surface area contributed by atoms with E-state index in [1.54, 1.807) is 0 Å². The molecule has 0 aliphatic heterocycles. The third kappa shape index (κ3) is 29.5. The van der Waals surface area contributed by atoms with Gasteiger partial charge in [-0.2, -0.15) is 8.42 Å². The van der Waals surface area contributed by atoms with Crippen molar-refractivity contribution in [2.45, 2.75) is 52.6 Å². The van der Waals surface area contributed by atoms with E-state index in [4.69, 9.17) is 9.29 Å². The van der Waals surface area contributed by atoms with Crippen LogP contribution in [0.2, 0.25) is 0 Å². The van der Waals surface area contributed by atoms with E-state index in [0.29, 0.717) is 12.8 Å². The molecule has 1 amide bonds. The fourth-order valence-electron chi connectivity index (χ4n) is 0.880. The predicted molar refractivity (Wildman–Crippen MR) is 71.2 cm³/mol. The summed E-state index contributed by atoms with van der Waals surface area (Å²) in [6.07, 6.45) is 3.73. The molecule has 0 saturated heterocycles. The van der Waals surface area contributed by atoms with E-state index in [0.717, 1.165) is 19.3 Å². The highest BCUT2D eigenvalue weighted by molar-refractivity contribution is 7.85. The SMILES string of the molecule is CCCCCNC(=O)OC(C)(C)C.CS(=O)(=O)O. The lowest BCUT2D eigenvalue weighted by Gasteiger charge is -2.19. The van der Waals surface area contributed by atoms with Gasteiger partial charge < -0.3 is 10.1 Å². The van der Waals surface area contributed by atoms with Gasteiger partial charge in [-0.25, -0.2) is 4.79 Å². The summed E-state index contributed by atoms with van der Waals surface area (Å²) in [5, 5.41) is 2.71. The highest BCUT2D eigenvalue weighted by Gasteiger charge is 2.15. The van der Waals surface area contributed by atoms with Crippen LogP contribution in [0.4, 0.5) is 4.79 Å². The van der Waals surface area contributed by atoms with Crippen LogP contribution in [-0.4, -0.2) is 37.5 Å². The Labute approximate surface area is 110 Å². The van der Waals surface area contributed by atoms with Crippen LogP contribution in [0, 0.1) is 0 Å². The van der Waals surface area contributed by atoms with Crippen molar-refractivity contribution in [3.8, 4) is 0 Å². The third-order valence-electron chi connectivity index (χ3n) is 1.45. The number of nitrogens with one attached hydrogen (secondary N) is 1. The molecule has 0 spiro atoms. The number of hydrogen-bond donors (Lipinski definition) is 2. The summed E-state index contributed by atoms with van der Waals surface area (Å²) >= 11 is 0. The number of hydrogen-bond acceptors (Lipinski definition) is 4. The zero-order valence-corrected chi connectivity index (χ0v) is 12.6. The molecule has 2 N–H and O–H groups in total. The Morgan fingerprint density at radius 2 is 1.72 bits per heavy atom. The molecule has 0 bridgehead atoms. The lowest BCUT2D eigenvalue weighted by Crippen LogP contribution is -2.32. The fourth-order valence-corrected chi connectivity index (χ4v) is 0.880. The number of amides is 1. The van der Waals surface area contributed by atoms with Crippen LogP contribution < -0.4 is 5.32 Å². The minimum absolute atomic E-state index is 0.316. The molecule has 18 heavy (non-hydrogen) atoms. The zero-order chi connectivity index (χ0) is 14.8. The van der Waals surface area contributed by atoms with Crippen molar-refractivity contribution >= 4 is 16.2 Å². The quantitative estimate of drug-likeness (QED) is 0.609. The van der Waals surface area contributed by atoms with Gasteiger partial charge >= 0.3 is 6.09 Å². The summed E-state index contributed by atoms with van der Waals surface area (Å²) in [7, 11) is -3.67. The molecule has 7 heteroatoms. The molecule has 6 nitrogen and oxygen atoms in total. The topological polar surface area (TPSA) is 92.7 Å². The molecule has 0 aromatic heterocycles. The number of unbranched alkanes of at least 4 members (excludes halogenated alkanes) is 2. The molecule has 110 valence electrons. The van der Waals surface area contributed by atoms with Crippen molar-refractivity contribution in [1.82, 2.24) is 5.32 Å². The standard InChI is InChI=1S/C10H21NO2.CH4O3S/c1-5-6-7-8-11-9(12)13-10(2,3)4;1-5(2,3)4/h5-8H2,1-4H3,(H,11,12);1H3,(H,2,3,4). The molecule has 0 aromatic carbocycles. The van der Waals surface area contributed by atoms with Gasteiger partial charge in [-0.05, 0) is 27.2 Å². The minimum atomic E-state index is -3.67. The maximum atomic E-state index is 11.1. The van der Waals surface area contributed by atoms with E-state index in [-0.39, 0.29) is 6.09 Å². The first-order chi connectivity index (χ1) is 7.95. The maximum absolute atomic E-state index is 11.1. The van der Waals surface area contributed by atoms with E-state index < -0.39 is 15.7 Å².